The summed E-state index contributed by atoms with van der Waals surface area (Å²) >= 11 is 0. The summed E-state index contributed by atoms with van der Waals surface area (Å²) in [6.45, 7) is 4.16. The molecular weight excluding hydrogens is 356 g/mol. The van der Waals surface area contributed by atoms with E-state index in [4.69, 9.17) is 9.47 Å². The number of nitrogens with zero attached hydrogens (tertiary/aromatic N) is 2. The number of methoxy groups -OCH3 is 1. The van der Waals surface area contributed by atoms with Crippen LogP contribution in [0.5, 0.6) is 11.5 Å². The molecule has 0 atom stereocenters. The Kier molecular flexibility index (Phi) is 6.53. The highest BCUT2D eigenvalue weighted by molar-refractivity contribution is 5.80. The van der Waals surface area contributed by atoms with E-state index in [1.54, 1.807) is 12.0 Å². The highest BCUT2D eigenvalue weighted by atomic mass is 16.5. The smallest absolute Gasteiger partial charge is 0.260 e. The second-order valence-electron chi connectivity index (χ2n) is 6.89. The molecule has 0 bridgehead atoms. The van der Waals surface area contributed by atoms with Gasteiger partial charge >= 0.3 is 0 Å². The summed E-state index contributed by atoms with van der Waals surface area (Å²) in [5.41, 5.74) is 2.05. The van der Waals surface area contributed by atoms with Crippen molar-refractivity contribution < 1.29 is 19.1 Å². The lowest BCUT2D eigenvalue weighted by Gasteiger charge is -2.34. The molecule has 1 saturated heterocycles. The van der Waals surface area contributed by atoms with Gasteiger partial charge in [-0.1, -0.05) is 24.3 Å². The molecule has 1 aliphatic heterocycles. The largest absolute Gasteiger partial charge is 0.497 e. The highest BCUT2D eigenvalue weighted by Crippen LogP contribution is 2.14. The molecule has 3 rings (SSSR count). The molecule has 0 unspecified atom stereocenters. The molecule has 0 radical (unpaired) electrons. The Bertz CT molecular complexity index is 812. The van der Waals surface area contributed by atoms with Crippen LogP contribution >= 0.6 is 0 Å². The van der Waals surface area contributed by atoms with Crippen LogP contribution in [0.4, 0.5) is 0 Å². The van der Waals surface area contributed by atoms with Crippen molar-refractivity contribution in [3.63, 3.8) is 0 Å². The average Bonchev–Trinajstić information content (AvgIpc) is 2.72. The van der Waals surface area contributed by atoms with Gasteiger partial charge in [-0.25, -0.2) is 0 Å². The Hall–Kier alpha value is -3.02. The molecule has 2 amide bonds. The molecule has 1 fully saturated rings. The van der Waals surface area contributed by atoms with E-state index in [1.165, 1.54) is 0 Å². The van der Waals surface area contributed by atoms with E-state index in [9.17, 15) is 9.59 Å². The first-order valence-electron chi connectivity index (χ1n) is 9.43. The number of hydrogen-bond acceptors (Lipinski definition) is 4. The minimum Gasteiger partial charge on any atom is -0.497 e. The van der Waals surface area contributed by atoms with Crippen LogP contribution in [-0.2, 0) is 16.0 Å². The average molecular weight is 382 g/mol. The first-order chi connectivity index (χ1) is 13.5. The van der Waals surface area contributed by atoms with Crippen molar-refractivity contribution in [2.24, 2.45) is 0 Å². The molecular formula is C22H26N2O4. The Labute approximate surface area is 165 Å². The number of ether oxygens (including phenoxy) is 2. The molecule has 148 valence electrons. The van der Waals surface area contributed by atoms with E-state index < -0.39 is 0 Å². The number of benzene rings is 2. The first kappa shape index (κ1) is 19.7. The van der Waals surface area contributed by atoms with Crippen molar-refractivity contribution in [1.82, 2.24) is 9.80 Å². The van der Waals surface area contributed by atoms with E-state index in [1.807, 2.05) is 60.4 Å². The van der Waals surface area contributed by atoms with E-state index in [0.717, 1.165) is 16.9 Å². The van der Waals surface area contributed by atoms with Gasteiger partial charge in [0.25, 0.3) is 5.91 Å². The van der Waals surface area contributed by atoms with E-state index in [2.05, 4.69) is 0 Å². The fraction of sp³-hybridized carbons (Fsp3) is 0.364. The van der Waals surface area contributed by atoms with Crippen LogP contribution in [0.1, 0.15) is 11.1 Å². The van der Waals surface area contributed by atoms with E-state index in [0.29, 0.717) is 38.3 Å². The van der Waals surface area contributed by atoms with Gasteiger partial charge < -0.3 is 19.3 Å². The van der Waals surface area contributed by atoms with Crippen LogP contribution in [0.2, 0.25) is 0 Å². The van der Waals surface area contributed by atoms with Gasteiger partial charge in [0.05, 0.1) is 13.5 Å². The topological polar surface area (TPSA) is 59.1 Å². The molecule has 1 aliphatic rings. The molecule has 2 aromatic carbocycles. The molecule has 0 N–H and O–H groups in total. The standard InChI is InChI=1S/C22H26N2O4/c1-17-4-3-5-20(14-17)28-16-22(26)24-12-10-23(11-13-24)21(25)15-18-6-8-19(27-2)9-7-18/h3-9,14H,10-13,15-16H2,1-2H3. The van der Waals surface area contributed by atoms with E-state index in [-0.39, 0.29) is 18.4 Å². The Morgan fingerprint density at radius 2 is 1.54 bits per heavy atom. The summed E-state index contributed by atoms with van der Waals surface area (Å²) in [7, 11) is 1.62. The second-order valence-corrected chi connectivity index (χ2v) is 6.89. The van der Waals surface area contributed by atoms with Crippen LogP contribution in [0.15, 0.2) is 48.5 Å². The first-order valence-corrected chi connectivity index (χ1v) is 9.43. The molecule has 6 heteroatoms. The minimum atomic E-state index is -0.0521. The maximum Gasteiger partial charge on any atom is 0.260 e. The molecule has 0 spiro atoms. The lowest BCUT2D eigenvalue weighted by molar-refractivity contribution is -0.140. The number of carbonyl (C=O) groups excluding carboxylic acids is 2. The molecule has 0 aliphatic carbocycles. The van der Waals surface area contributed by atoms with Gasteiger partial charge in [-0.05, 0) is 42.3 Å². The van der Waals surface area contributed by atoms with Crippen LogP contribution in [0.25, 0.3) is 0 Å². The molecule has 6 nitrogen and oxygen atoms in total. The Morgan fingerprint density at radius 1 is 0.893 bits per heavy atom. The van der Waals surface area contributed by atoms with Gasteiger partial charge in [-0.2, -0.15) is 0 Å². The summed E-state index contributed by atoms with van der Waals surface area (Å²) in [5, 5.41) is 0. The van der Waals surface area contributed by atoms with Crippen molar-refractivity contribution in [3.8, 4) is 11.5 Å². The van der Waals surface area contributed by atoms with Gasteiger partial charge in [0.15, 0.2) is 6.61 Å². The van der Waals surface area contributed by atoms with Gasteiger partial charge in [0.1, 0.15) is 11.5 Å². The maximum absolute atomic E-state index is 12.5. The van der Waals surface area contributed by atoms with Crippen LogP contribution in [0.3, 0.4) is 0 Å². The maximum atomic E-state index is 12.5. The zero-order valence-electron chi connectivity index (χ0n) is 16.4. The molecule has 0 saturated carbocycles. The van der Waals surface area contributed by atoms with E-state index >= 15 is 0 Å². The summed E-state index contributed by atoms with van der Waals surface area (Å²) in [5.74, 6) is 1.50. The summed E-state index contributed by atoms with van der Waals surface area (Å²) in [6, 6.07) is 15.2. The fourth-order valence-electron chi connectivity index (χ4n) is 3.18. The lowest BCUT2D eigenvalue weighted by Crippen LogP contribution is -2.52. The number of hydrogen-bond donors (Lipinski definition) is 0. The zero-order valence-corrected chi connectivity index (χ0v) is 16.4. The van der Waals surface area contributed by atoms with Crippen LogP contribution in [-0.4, -0.2) is 61.5 Å². The summed E-state index contributed by atoms with van der Waals surface area (Å²) in [6.07, 6.45) is 0.356. The van der Waals surface area contributed by atoms with Crippen LogP contribution in [0, 0.1) is 6.92 Å². The molecule has 1 heterocycles. The van der Waals surface area contributed by atoms with Crippen molar-refractivity contribution in [3.05, 3.63) is 59.7 Å². The number of aryl methyl sites for hydroxylation is 1. The molecule has 28 heavy (non-hydrogen) atoms. The van der Waals surface area contributed by atoms with Crippen molar-refractivity contribution in [2.75, 3.05) is 39.9 Å². The predicted molar refractivity (Wildman–Crippen MR) is 107 cm³/mol. The van der Waals surface area contributed by atoms with Crippen molar-refractivity contribution in [2.45, 2.75) is 13.3 Å². The van der Waals surface area contributed by atoms with Crippen LogP contribution < -0.4 is 9.47 Å². The number of rotatable bonds is 6. The Morgan fingerprint density at radius 3 is 2.14 bits per heavy atom. The third-order valence-corrected chi connectivity index (χ3v) is 4.85. The molecule has 2 aromatic rings. The SMILES string of the molecule is COc1ccc(CC(=O)N2CCN(C(=O)COc3cccc(C)c3)CC2)cc1. The normalized spacial score (nSPS) is 13.9. The minimum absolute atomic E-state index is 0.0171. The predicted octanol–water partition coefficient (Wildman–Crippen LogP) is 2.30. The van der Waals surface area contributed by atoms with Gasteiger partial charge in [0.2, 0.25) is 5.91 Å². The lowest BCUT2D eigenvalue weighted by atomic mass is 10.1. The number of amides is 2. The second kappa shape index (κ2) is 9.26. The monoisotopic (exact) mass is 382 g/mol. The van der Waals surface area contributed by atoms with Crippen molar-refractivity contribution in [1.29, 1.82) is 0 Å². The highest BCUT2D eigenvalue weighted by Gasteiger charge is 2.24. The van der Waals surface area contributed by atoms with Crippen molar-refractivity contribution >= 4 is 11.8 Å². The fourth-order valence-corrected chi connectivity index (χ4v) is 3.18. The van der Waals surface area contributed by atoms with Gasteiger partial charge in [-0.3, -0.25) is 9.59 Å². The third-order valence-electron chi connectivity index (χ3n) is 4.85. The summed E-state index contributed by atoms with van der Waals surface area (Å²) < 4.78 is 10.7. The van der Waals surface area contributed by atoms with Gasteiger partial charge in [0, 0.05) is 26.2 Å². The van der Waals surface area contributed by atoms with Gasteiger partial charge in [-0.15, -0.1) is 0 Å². The zero-order chi connectivity index (χ0) is 19.9. The molecule has 0 aromatic heterocycles. The third kappa shape index (κ3) is 5.25. The summed E-state index contributed by atoms with van der Waals surface area (Å²) in [4.78, 5) is 28.4. The quantitative estimate of drug-likeness (QED) is 0.769. The Balaban J connectivity index is 1.44. The number of piperazine rings is 1. The number of carbonyl (C=O) groups is 2.